The average Bonchev–Trinajstić information content (AvgIpc) is 3.25. The van der Waals surface area contributed by atoms with E-state index in [0.29, 0.717) is 29.6 Å². The van der Waals surface area contributed by atoms with E-state index >= 15 is 0 Å². The Kier molecular flexibility index (Phi) is 3.77. The molecule has 26 heavy (non-hydrogen) atoms. The molecule has 0 radical (unpaired) electrons. The molecule has 6 nitrogen and oxygen atoms in total. The number of nitriles is 1. The number of hydrogen-bond donors (Lipinski definition) is 0. The number of Topliss-reactive ketones (excluding diaryl/α,β-unsaturated/α-hetero) is 1. The highest BCUT2D eigenvalue weighted by Gasteiger charge is 2.29. The van der Waals surface area contributed by atoms with Crippen molar-refractivity contribution in [2.45, 2.75) is 19.3 Å². The maximum absolute atomic E-state index is 12.9. The van der Waals surface area contributed by atoms with Crippen molar-refractivity contribution < 1.29 is 14.0 Å². The van der Waals surface area contributed by atoms with Crippen molar-refractivity contribution in [3.63, 3.8) is 0 Å². The largest absolute Gasteiger partial charge is 0.439 e. The third-order valence-corrected chi connectivity index (χ3v) is 4.59. The van der Waals surface area contributed by atoms with Crippen LogP contribution in [0.15, 0.2) is 46.9 Å². The van der Waals surface area contributed by atoms with Gasteiger partial charge in [-0.15, -0.1) is 0 Å². The smallest absolute Gasteiger partial charge is 0.223 e. The molecule has 0 saturated heterocycles. The van der Waals surface area contributed by atoms with E-state index in [1.807, 2.05) is 18.2 Å². The van der Waals surface area contributed by atoms with Gasteiger partial charge in [0.2, 0.25) is 11.8 Å². The van der Waals surface area contributed by atoms with E-state index in [0.717, 1.165) is 11.3 Å². The van der Waals surface area contributed by atoms with Crippen molar-refractivity contribution in [2.24, 2.45) is 0 Å². The van der Waals surface area contributed by atoms with E-state index in [1.54, 1.807) is 35.2 Å². The number of hydrogen-bond acceptors (Lipinski definition) is 5. The van der Waals surface area contributed by atoms with Crippen LogP contribution < -0.4 is 4.90 Å². The minimum Gasteiger partial charge on any atom is -0.439 e. The molecule has 0 fully saturated rings. The number of benzene rings is 2. The van der Waals surface area contributed by atoms with E-state index in [4.69, 9.17) is 4.42 Å². The van der Waals surface area contributed by atoms with Crippen LogP contribution in [0.4, 0.5) is 5.69 Å². The molecule has 0 unspecified atom stereocenters. The number of oxazole rings is 1. The quantitative estimate of drug-likeness (QED) is 0.680. The van der Waals surface area contributed by atoms with Crippen LogP contribution in [0.1, 0.15) is 34.7 Å². The van der Waals surface area contributed by atoms with Gasteiger partial charge in [-0.3, -0.25) is 9.59 Å². The molecule has 1 atom stereocenters. The highest BCUT2D eigenvalue weighted by molar-refractivity contribution is 6.03. The van der Waals surface area contributed by atoms with Crippen molar-refractivity contribution in [2.75, 3.05) is 11.4 Å². The summed E-state index contributed by atoms with van der Waals surface area (Å²) >= 11 is 0. The Labute approximate surface area is 149 Å². The molecule has 3 aromatic rings. The molecule has 4 rings (SSSR count). The van der Waals surface area contributed by atoms with Crippen LogP contribution >= 0.6 is 0 Å². The first-order valence-corrected chi connectivity index (χ1v) is 8.29. The molecular weight excluding hydrogens is 330 g/mol. The summed E-state index contributed by atoms with van der Waals surface area (Å²) in [5.41, 5.74) is 3.33. The summed E-state index contributed by atoms with van der Waals surface area (Å²) in [6, 6.07) is 14.3. The van der Waals surface area contributed by atoms with Crippen LogP contribution in [-0.4, -0.2) is 23.2 Å². The lowest BCUT2D eigenvalue weighted by Crippen LogP contribution is -2.25. The topological polar surface area (TPSA) is 87.2 Å². The van der Waals surface area contributed by atoms with Crippen LogP contribution in [-0.2, 0) is 11.2 Å². The molecule has 1 aliphatic rings. The Morgan fingerprint density at radius 1 is 1.27 bits per heavy atom. The summed E-state index contributed by atoms with van der Waals surface area (Å²) in [6.45, 7) is 2.13. The molecule has 2 aromatic carbocycles. The molecule has 1 aromatic heterocycles. The third kappa shape index (κ3) is 2.54. The molecule has 2 heterocycles. The molecule has 0 bridgehead atoms. The van der Waals surface area contributed by atoms with Crippen molar-refractivity contribution in [1.82, 2.24) is 4.98 Å². The molecule has 128 valence electrons. The molecule has 0 spiro atoms. The molecule has 0 N–H and O–H groups in total. The van der Waals surface area contributed by atoms with Gasteiger partial charge in [-0.1, -0.05) is 12.1 Å². The summed E-state index contributed by atoms with van der Waals surface area (Å²) < 4.78 is 5.60. The van der Waals surface area contributed by atoms with Crippen LogP contribution in [0.2, 0.25) is 0 Å². The van der Waals surface area contributed by atoms with Gasteiger partial charge in [0.05, 0.1) is 6.07 Å². The zero-order valence-electron chi connectivity index (χ0n) is 14.1. The Morgan fingerprint density at radius 3 is 2.81 bits per heavy atom. The molecule has 1 amide bonds. The van der Waals surface area contributed by atoms with Crippen molar-refractivity contribution >= 4 is 28.5 Å². The standard InChI is InChI=1S/C20H15N3O3/c1-12(24)23-9-8-13-10-14(6-7-17(13)23)19(25)15(11-21)20-22-16-4-2-3-5-18(16)26-20/h2-7,10,15H,8-9H2,1H3/t15-/m0/s1. The summed E-state index contributed by atoms with van der Waals surface area (Å²) in [6.07, 6.45) is 0.691. The zero-order valence-corrected chi connectivity index (χ0v) is 14.1. The maximum atomic E-state index is 12.9. The second-order valence-electron chi connectivity index (χ2n) is 6.21. The zero-order chi connectivity index (χ0) is 18.3. The van der Waals surface area contributed by atoms with E-state index < -0.39 is 5.92 Å². The predicted octanol–water partition coefficient (Wildman–Crippen LogP) is 3.23. The predicted molar refractivity (Wildman–Crippen MR) is 94.9 cm³/mol. The van der Waals surface area contributed by atoms with Crippen LogP contribution in [0.3, 0.4) is 0 Å². The Morgan fingerprint density at radius 2 is 2.08 bits per heavy atom. The lowest BCUT2D eigenvalue weighted by Gasteiger charge is -2.14. The molecule has 0 aliphatic carbocycles. The van der Waals surface area contributed by atoms with Crippen LogP contribution in [0.5, 0.6) is 0 Å². The number of aromatic nitrogens is 1. The lowest BCUT2D eigenvalue weighted by atomic mass is 9.96. The molecule has 0 saturated carbocycles. The summed E-state index contributed by atoms with van der Waals surface area (Å²) in [5.74, 6) is -1.39. The first-order chi connectivity index (χ1) is 12.6. The van der Waals surface area contributed by atoms with Crippen LogP contribution in [0.25, 0.3) is 11.1 Å². The monoisotopic (exact) mass is 345 g/mol. The first-order valence-electron chi connectivity index (χ1n) is 8.29. The van der Waals surface area contributed by atoms with Crippen molar-refractivity contribution in [3.05, 3.63) is 59.5 Å². The molecule has 1 aliphatic heterocycles. The lowest BCUT2D eigenvalue weighted by molar-refractivity contribution is -0.116. The Balaban J connectivity index is 1.68. The number of anilines is 1. The van der Waals surface area contributed by atoms with E-state index in [-0.39, 0.29) is 17.6 Å². The SMILES string of the molecule is CC(=O)N1CCc2cc(C(=O)[C@H](C#N)c3nc4ccccc4o3)ccc21. The third-order valence-electron chi connectivity index (χ3n) is 4.59. The van der Waals surface area contributed by atoms with Crippen molar-refractivity contribution in [3.8, 4) is 6.07 Å². The number of ketones is 1. The maximum Gasteiger partial charge on any atom is 0.223 e. The number of carbonyl (C=O) groups is 2. The second kappa shape index (κ2) is 6.12. The van der Waals surface area contributed by atoms with Crippen molar-refractivity contribution in [1.29, 1.82) is 5.26 Å². The fourth-order valence-corrected chi connectivity index (χ4v) is 3.29. The second-order valence-corrected chi connectivity index (χ2v) is 6.21. The minimum atomic E-state index is -1.11. The average molecular weight is 345 g/mol. The summed E-state index contributed by atoms with van der Waals surface area (Å²) in [7, 11) is 0. The van der Waals surface area contributed by atoms with Gasteiger partial charge in [0.1, 0.15) is 5.52 Å². The fraction of sp³-hybridized carbons (Fsp3) is 0.200. The highest BCUT2D eigenvalue weighted by atomic mass is 16.3. The number of fused-ring (bicyclic) bond motifs is 2. The normalized spacial score (nSPS) is 14.1. The van der Waals surface area contributed by atoms with E-state index in [1.165, 1.54) is 6.92 Å². The first kappa shape index (κ1) is 16.0. The number of amides is 1. The van der Waals surface area contributed by atoms with Gasteiger partial charge in [-0.05, 0) is 42.3 Å². The van der Waals surface area contributed by atoms with Gasteiger partial charge >= 0.3 is 0 Å². The number of rotatable bonds is 3. The van der Waals surface area contributed by atoms with Gasteiger partial charge in [0.15, 0.2) is 17.3 Å². The van der Waals surface area contributed by atoms with Gasteiger partial charge in [0, 0.05) is 24.7 Å². The number of carbonyl (C=O) groups excluding carboxylic acids is 2. The Hall–Kier alpha value is -3.46. The fourth-order valence-electron chi connectivity index (χ4n) is 3.29. The van der Waals surface area contributed by atoms with Crippen LogP contribution in [0, 0.1) is 11.3 Å². The molecular formula is C20H15N3O3. The van der Waals surface area contributed by atoms with Gasteiger partial charge in [-0.25, -0.2) is 4.98 Å². The summed E-state index contributed by atoms with van der Waals surface area (Å²) in [4.78, 5) is 30.5. The highest BCUT2D eigenvalue weighted by Crippen LogP contribution is 2.31. The van der Waals surface area contributed by atoms with Gasteiger partial charge < -0.3 is 9.32 Å². The van der Waals surface area contributed by atoms with E-state index in [9.17, 15) is 14.9 Å². The molecule has 6 heteroatoms. The minimum absolute atomic E-state index is 0.0239. The number of para-hydroxylation sites is 2. The van der Waals surface area contributed by atoms with Gasteiger partial charge in [-0.2, -0.15) is 5.26 Å². The summed E-state index contributed by atoms with van der Waals surface area (Å²) in [5, 5.41) is 9.52. The van der Waals surface area contributed by atoms with E-state index in [2.05, 4.69) is 4.98 Å². The van der Waals surface area contributed by atoms with Gasteiger partial charge in [0.25, 0.3) is 0 Å². The Bertz CT molecular complexity index is 1040. The number of nitrogens with zero attached hydrogens (tertiary/aromatic N) is 3.